The van der Waals surface area contributed by atoms with Gasteiger partial charge in [0.1, 0.15) is 5.75 Å². The molecule has 2 aliphatic heterocycles. The summed E-state index contributed by atoms with van der Waals surface area (Å²) in [6.45, 7) is 3.33. The highest BCUT2D eigenvalue weighted by Gasteiger charge is 2.40. The van der Waals surface area contributed by atoms with Gasteiger partial charge in [0.25, 0.3) is 0 Å². The van der Waals surface area contributed by atoms with Gasteiger partial charge >= 0.3 is 0 Å². The lowest BCUT2D eigenvalue weighted by molar-refractivity contribution is -0.133. The number of para-hydroxylation sites is 2. The van der Waals surface area contributed by atoms with Crippen LogP contribution in [0.1, 0.15) is 32.1 Å². The summed E-state index contributed by atoms with van der Waals surface area (Å²) in [5.41, 5.74) is 1.13. The van der Waals surface area contributed by atoms with Crippen molar-refractivity contribution in [3.05, 3.63) is 24.3 Å². The number of nitrogens with one attached hydrogen (secondary N) is 1. The van der Waals surface area contributed by atoms with Gasteiger partial charge in [-0.3, -0.25) is 4.79 Å². The van der Waals surface area contributed by atoms with Crippen LogP contribution in [0.15, 0.2) is 24.3 Å². The highest BCUT2D eigenvalue weighted by molar-refractivity contribution is 5.82. The van der Waals surface area contributed by atoms with E-state index in [4.69, 9.17) is 4.74 Å². The molecule has 2 heterocycles. The number of ether oxygens (including phenoxy) is 1. The highest BCUT2D eigenvalue weighted by atomic mass is 16.5. The minimum atomic E-state index is 0.0471. The predicted octanol–water partition coefficient (Wildman–Crippen LogP) is 2.26. The molecule has 0 spiro atoms. The van der Waals surface area contributed by atoms with Gasteiger partial charge < -0.3 is 19.9 Å². The summed E-state index contributed by atoms with van der Waals surface area (Å²) in [7, 11) is 1.71. The zero-order valence-corrected chi connectivity index (χ0v) is 15.1. The summed E-state index contributed by atoms with van der Waals surface area (Å²) in [5.74, 6) is 1.94. The summed E-state index contributed by atoms with van der Waals surface area (Å²) in [4.78, 5) is 17.3. The molecule has 1 aromatic carbocycles. The van der Waals surface area contributed by atoms with Crippen molar-refractivity contribution in [1.82, 2.24) is 10.2 Å². The van der Waals surface area contributed by atoms with Gasteiger partial charge in [-0.25, -0.2) is 0 Å². The third kappa shape index (κ3) is 3.34. The molecule has 0 radical (unpaired) electrons. The zero-order valence-electron chi connectivity index (χ0n) is 15.1. The molecule has 1 aromatic rings. The fourth-order valence-electron chi connectivity index (χ4n) is 4.79. The number of piperazine rings is 1. The molecule has 1 saturated carbocycles. The lowest BCUT2D eigenvalue weighted by Crippen LogP contribution is -2.53. The average molecular weight is 343 g/mol. The number of carbonyl (C=O) groups is 1. The Morgan fingerprint density at radius 3 is 2.64 bits per heavy atom. The Morgan fingerprint density at radius 1 is 1.12 bits per heavy atom. The maximum atomic E-state index is 12.9. The molecular weight excluding hydrogens is 314 g/mol. The molecule has 3 atom stereocenters. The van der Waals surface area contributed by atoms with Crippen LogP contribution >= 0.6 is 0 Å². The maximum Gasteiger partial charge on any atom is 0.239 e. The number of amides is 1. The number of rotatable bonds is 3. The van der Waals surface area contributed by atoms with Gasteiger partial charge in [-0.2, -0.15) is 0 Å². The molecular formula is C20H29N3O2. The molecule has 1 amide bonds. The van der Waals surface area contributed by atoms with E-state index < -0.39 is 0 Å². The molecule has 4 rings (SSSR count). The van der Waals surface area contributed by atoms with Gasteiger partial charge in [-0.1, -0.05) is 25.0 Å². The van der Waals surface area contributed by atoms with E-state index in [-0.39, 0.29) is 6.04 Å². The lowest BCUT2D eigenvalue weighted by atomic mass is 9.85. The smallest absolute Gasteiger partial charge is 0.239 e. The van der Waals surface area contributed by atoms with Crippen LogP contribution in [0.3, 0.4) is 0 Å². The molecule has 0 bridgehead atoms. The van der Waals surface area contributed by atoms with Crippen LogP contribution in [0.25, 0.3) is 0 Å². The minimum Gasteiger partial charge on any atom is -0.495 e. The van der Waals surface area contributed by atoms with E-state index >= 15 is 0 Å². The van der Waals surface area contributed by atoms with E-state index in [9.17, 15) is 4.79 Å². The first-order chi connectivity index (χ1) is 12.3. The third-order valence-corrected chi connectivity index (χ3v) is 6.18. The summed E-state index contributed by atoms with van der Waals surface area (Å²) in [6, 6.07) is 8.76. The molecule has 2 saturated heterocycles. The Labute approximate surface area is 150 Å². The number of anilines is 1. The molecule has 3 unspecified atom stereocenters. The summed E-state index contributed by atoms with van der Waals surface area (Å²) >= 11 is 0. The number of benzene rings is 1. The standard InChI is InChI=1S/C20H29N3O2/c1-25-19-9-5-4-8-18(19)22-10-12-23(13-11-22)20(24)17-14-15-6-2-3-7-16(15)21-17/h4-5,8-9,15-17,21H,2-3,6-7,10-14H2,1H3. The Balaban J connectivity index is 1.35. The van der Waals surface area contributed by atoms with Crippen molar-refractivity contribution in [3.63, 3.8) is 0 Å². The van der Waals surface area contributed by atoms with Gasteiger partial charge in [-0.15, -0.1) is 0 Å². The Morgan fingerprint density at radius 2 is 1.88 bits per heavy atom. The molecule has 5 heteroatoms. The van der Waals surface area contributed by atoms with Crippen molar-refractivity contribution in [3.8, 4) is 5.75 Å². The van der Waals surface area contributed by atoms with Gasteiger partial charge in [0, 0.05) is 32.2 Å². The quantitative estimate of drug-likeness (QED) is 0.914. The largest absolute Gasteiger partial charge is 0.495 e. The van der Waals surface area contributed by atoms with E-state index in [0.29, 0.717) is 11.9 Å². The van der Waals surface area contributed by atoms with Crippen molar-refractivity contribution in [2.24, 2.45) is 5.92 Å². The van der Waals surface area contributed by atoms with Crippen molar-refractivity contribution < 1.29 is 9.53 Å². The van der Waals surface area contributed by atoms with E-state index in [1.54, 1.807) is 7.11 Å². The number of carbonyl (C=O) groups excluding carboxylic acids is 1. The van der Waals surface area contributed by atoms with Crippen LogP contribution in [0.5, 0.6) is 5.75 Å². The second-order valence-electron chi connectivity index (χ2n) is 7.59. The zero-order chi connectivity index (χ0) is 17.2. The van der Waals surface area contributed by atoms with Crippen molar-refractivity contribution >= 4 is 11.6 Å². The number of hydrogen-bond acceptors (Lipinski definition) is 4. The number of methoxy groups -OCH3 is 1. The lowest BCUT2D eigenvalue weighted by Gasteiger charge is -2.37. The monoisotopic (exact) mass is 343 g/mol. The van der Waals surface area contributed by atoms with Crippen molar-refractivity contribution in [2.75, 3.05) is 38.2 Å². The van der Waals surface area contributed by atoms with E-state index in [1.165, 1.54) is 25.7 Å². The maximum absolute atomic E-state index is 12.9. The molecule has 5 nitrogen and oxygen atoms in total. The van der Waals surface area contributed by atoms with Crippen LogP contribution in [-0.4, -0.2) is 56.2 Å². The summed E-state index contributed by atoms with van der Waals surface area (Å²) in [6.07, 6.45) is 6.23. The minimum absolute atomic E-state index is 0.0471. The number of hydrogen-bond donors (Lipinski definition) is 1. The Kier molecular flexibility index (Phi) is 4.84. The van der Waals surface area contributed by atoms with E-state index in [1.807, 2.05) is 18.2 Å². The number of nitrogens with zero attached hydrogens (tertiary/aromatic N) is 2. The molecule has 25 heavy (non-hydrogen) atoms. The van der Waals surface area contributed by atoms with Crippen molar-refractivity contribution in [2.45, 2.75) is 44.2 Å². The van der Waals surface area contributed by atoms with Gasteiger partial charge in [0.2, 0.25) is 5.91 Å². The van der Waals surface area contributed by atoms with Crippen LogP contribution < -0.4 is 15.0 Å². The van der Waals surface area contributed by atoms with Crippen LogP contribution in [0, 0.1) is 5.92 Å². The van der Waals surface area contributed by atoms with Gasteiger partial charge in [0.05, 0.1) is 18.8 Å². The highest BCUT2D eigenvalue weighted by Crippen LogP contribution is 2.34. The summed E-state index contributed by atoms with van der Waals surface area (Å²) in [5, 5.41) is 3.63. The number of fused-ring (bicyclic) bond motifs is 1. The van der Waals surface area contributed by atoms with E-state index in [2.05, 4.69) is 21.2 Å². The molecule has 0 aromatic heterocycles. The molecule has 1 N–H and O–H groups in total. The molecule has 3 fully saturated rings. The van der Waals surface area contributed by atoms with Gasteiger partial charge in [-0.05, 0) is 37.3 Å². The Bertz CT molecular complexity index is 599. The normalized spacial score (nSPS) is 29.4. The van der Waals surface area contributed by atoms with E-state index in [0.717, 1.165) is 50.0 Å². The first kappa shape index (κ1) is 16.7. The molecule has 1 aliphatic carbocycles. The molecule has 3 aliphatic rings. The van der Waals surface area contributed by atoms with Crippen LogP contribution in [0.2, 0.25) is 0 Å². The first-order valence-corrected chi connectivity index (χ1v) is 9.69. The van der Waals surface area contributed by atoms with Crippen LogP contribution in [-0.2, 0) is 4.79 Å². The first-order valence-electron chi connectivity index (χ1n) is 9.69. The predicted molar refractivity (Wildman–Crippen MR) is 99.1 cm³/mol. The molecule has 136 valence electrons. The topological polar surface area (TPSA) is 44.8 Å². The average Bonchev–Trinajstić information content (AvgIpc) is 3.12. The fourth-order valence-corrected chi connectivity index (χ4v) is 4.79. The second kappa shape index (κ2) is 7.24. The fraction of sp³-hybridized carbons (Fsp3) is 0.650. The Hall–Kier alpha value is -1.75. The van der Waals surface area contributed by atoms with Crippen LogP contribution in [0.4, 0.5) is 5.69 Å². The van der Waals surface area contributed by atoms with Gasteiger partial charge in [0.15, 0.2) is 0 Å². The second-order valence-corrected chi connectivity index (χ2v) is 7.59. The third-order valence-electron chi connectivity index (χ3n) is 6.18. The summed E-state index contributed by atoms with van der Waals surface area (Å²) < 4.78 is 5.48. The SMILES string of the molecule is COc1ccccc1N1CCN(C(=O)C2CC3CCCCC3N2)CC1. The van der Waals surface area contributed by atoms with Crippen molar-refractivity contribution in [1.29, 1.82) is 0 Å².